The molecule has 0 aliphatic carbocycles. The standard InChI is InChI=1S/C22H18N4O3/c1-23-22(28)25-15-7-4-6-14(12-15)24-21(27)17-13-19(20-10-5-11-29-20)26-18-9-3-2-8-16(17)18/h2-13H,1H3,(H,24,27)(H2,23,25,28). The van der Waals surface area contributed by atoms with Crippen LogP contribution in [0.3, 0.4) is 0 Å². The van der Waals surface area contributed by atoms with Gasteiger partial charge in [-0.1, -0.05) is 24.3 Å². The number of furan rings is 1. The fourth-order valence-corrected chi connectivity index (χ4v) is 2.98. The Kier molecular flexibility index (Phi) is 4.94. The van der Waals surface area contributed by atoms with Gasteiger partial charge in [0.1, 0.15) is 5.69 Å². The van der Waals surface area contributed by atoms with E-state index in [-0.39, 0.29) is 11.9 Å². The van der Waals surface area contributed by atoms with Crippen LogP contribution in [0.25, 0.3) is 22.4 Å². The largest absolute Gasteiger partial charge is 0.463 e. The van der Waals surface area contributed by atoms with E-state index in [0.29, 0.717) is 33.9 Å². The molecule has 0 spiro atoms. The zero-order valence-electron chi connectivity index (χ0n) is 15.6. The number of carbonyl (C=O) groups is 2. The molecule has 0 unspecified atom stereocenters. The molecule has 0 aliphatic heterocycles. The lowest BCUT2D eigenvalue weighted by molar-refractivity contribution is 0.102. The predicted octanol–water partition coefficient (Wildman–Crippen LogP) is 4.50. The lowest BCUT2D eigenvalue weighted by atomic mass is 10.1. The number of hydrogen-bond acceptors (Lipinski definition) is 4. The molecule has 3 amide bonds. The highest BCUT2D eigenvalue weighted by Crippen LogP contribution is 2.26. The van der Waals surface area contributed by atoms with Crippen molar-refractivity contribution in [3.05, 3.63) is 78.6 Å². The van der Waals surface area contributed by atoms with Crippen molar-refractivity contribution in [2.75, 3.05) is 17.7 Å². The van der Waals surface area contributed by atoms with E-state index in [0.717, 1.165) is 5.39 Å². The maximum Gasteiger partial charge on any atom is 0.318 e. The zero-order valence-corrected chi connectivity index (χ0v) is 15.6. The van der Waals surface area contributed by atoms with E-state index in [9.17, 15) is 9.59 Å². The average Bonchev–Trinajstić information content (AvgIpc) is 3.28. The Balaban J connectivity index is 1.68. The van der Waals surface area contributed by atoms with E-state index < -0.39 is 0 Å². The molecule has 29 heavy (non-hydrogen) atoms. The van der Waals surface area contributed by atoms with E-state index >= 15 is 0 Å². The van der Waals surface area contributed by atoms with Crippen LogP contribution in [0.5, 0.6) is 0 Å². The molecule has 2 aromatic carbocycles. The average molecular weight is 386 g/mol. The topological polar surface area (TPSA) is 96.3 Å². The smallest absolute Gasteiger partial charge is 0.318 e. The molecule has 0 bridgehead atoms. The van der Waals surface area contributed by atoms with E-state index in [1.807, 2.05) is 24.3 Å². The van der Waals surface area contributed by atoms with Crippen LogP contribution in [0, 0.1) is 0 Å². The van der Waals surface area contributed by atoms with Crippen LogP contribution in [0.2, 0.25) is 0 Å². The Bertz CT molecular complexity index is 1190. The van der Waals surface area contributed by atoms with Gasteiger partial charge in [0.15, 0.2) is 5.76 Å². The number of pyridine rings is 1. The number of urea groups is 1. The van der Waals surface area contributed by atoms with Crippen molar-refractivity contribution in [3.8, 4) is 11.5 Å². The molecule has 0 radical (unpaired) electrons. The number of nitrogens with one attached hydrogen (secondary N) is 3. The Morgan fingerprint density at radius 3 is 2.45 bits per heavy atom. The van der Waals surface area contributed by atoms with Crippen molar-refractivity contribution < 1.29 is 14.0 Å². The van der Waals surface area contributed by atoms with Crippen molar-refractivity contribution in [1.82, 2.24) is 10.3 Å². The van der Waals surface area contributed by atoms with Gasteiger partial charge in [0, 0.05) is 23.8 Å². The normalized spacial score (nSPS) is 10.5. The summed E-state index contributed by atoms with van der Waals surface area (Å²) in [6.07, 6.45) is 1.57. The van der Waals surface area contributed by atoms with Gasteiger partial charge in [0.05, 0.1) is 17.3 Å². The van der Waals surface area contributed by atoms with Gasteiger partial charge in [-0.3, -0.25) is 4.79 Å². The number of rotatable bonds is 4. The molecule has 144 valence electrons. The van der Waals surface area contributed by atoms with Crippen LogP contribution in [0.4, 0.5) is 16.2 Å². The molecule has 7 heteroatoms. The van der Waals surface area contributed by atoms with Crippen LogP contribution in [0.1, 0.15) is 10.4 Å². The molecule has 2 aromatic heterocycles. The first-order valence-corrected chi connectivity index (χ1v) is 8.98. The van der Waals surface area contributed by atoms with E-state index in [1.165, 1.54) is 7.05 Å². The van der Waals surface area contributed by atoms with Gasteiger partial charge >= 0.3 is 6.03 Å². The maximum absolute atomic E-state index is 13.1. The Morgan fingerprint density at radius 2 is 1.69 bits per heavy atom. The van der Waals surface area contributed by atoms with Crippen LogP contribution in [0.15, 0.2) is 77.4 Å². The quantitative estimate of drug-likeness (QED) is 0.481. The molecular weight excluding hydrogens is 368 g/mol. The summed E-state index contributed by atoms with van der Waals surface area (Å²) in [5.74, 6) is 0.301. The number of amides is 3. The van der Waals surface area contributed by atoms with Crippen molar-refractivity contribution in [2.24, 2.45) is 0 Å². The second-order valence-electron chi connectivity index (χ2n) is 6.29. The summed E-state index contributed by atoms with van der Waals surface area (Å²) < 4.78 is 5.44. The predicted molar refractivity (Wildman–Crippen MR) is 112 cm³/mol. The first kappa shape index (κ1) is 18.2. The number of carbonyl (C=O) groups excluding carboxylic acids is 2. The summed E-state index contributed by atoms with van der Waals surface area (Å²) in [5.41, 5.74) is 2.88. The third kappa shape index (κ3) is 3.93. The molecule has 2 heterocycles. The summed E-state index contributed by atoms with van der Waals surface area (Å²) in [6.45, 7) is 0. The van der Waals surface area contributed by atoms with Crippen molar-refractivity contribution in [3.63, 3.8) is 0 Å². The molecule has 0 saturated carbocycles. The van der Waals surface area contributed by atoms with E-state index in [1.54, 1.807) is 48.7 Å². The lowest BCUT2D eigenvalue weighted by Crippen LogP contribution is -2.24. The third-order valence-electron chi connectivity index (χ3n) is 4.34. The minimum Gasteiger partial charge on any atom is -0.463 e. The Morgan fingerprint density at radius 1 is 0.897 bits per heavy atom. The first-order valence-electron chi connectivity index (χ1n) is 8.98. The van der Waals surface area contributed by atoms with Crippen LogP contribution < -0.4 is 16.0 Å². The molecule has 4 aromatic rings. The summed E-state index contributed by atoms with van der Waals surface area (Å²) >= 11 is 0. The molecule has 0 saturated heterocycles. The van der Waals surface area contributed by atoms with Crippen LogP contribution in [-0.2, 0) is 0 Å². The highest BCUT2D eigenvalue weighted by Gasteiger charge is 2.15. The second-order valence-corrected chi connectivity index (χ2v) is 6.29. The zero-order chi connectivity index (χ0) is 20.2. The van der Waals surface area contributed by atoms with Gasteiger partial charge in [-0.05, 0) is 42.5 Å². The summed E-state index contributed by atoms with van der Waals surface area (Å²) in [7, 11) is 1.53. The van der Waals surface area contributed by atoms with Crippen molar-refractivity contribution >= 4 is 34.2 Å². The molecule has 0 atom stereocenters. The van der Waals surface area contributed by atoms with Gasteiger partial charge < -0.3 is 20.4 Å². The minimum atomic E-state index is -0.336. The van der Waals surface area contributed by atoms with Gasteiger partial charge in [-0.25, -0.2) is 9.78 Å². The highest BCUT2D eigenvalue weighted by molar-refractivity contribution is 6.13. The maximum atomic E-state index is 13.1. The second kappa shape index (κ2) is 7.85. The monoisotopic (exact) mass is 386 g/mol. The third-order valence-corrected chi connectivity index (χ3v) is 4.34. The SMILES string of the molecule is CNC(=O)Nc1cccc(NC(=O)c2cc(-c3ccco3)nc3ccccc23)c1. The summed E-state index contributed by atoms with van der Waals surface area (Å²) in [6, 6.07) is 19.3. The van der Waals surface area contributed by atoms with Gasteiger partial charge in [0.25, 0.3) is 5.91 Å². The first-order chi connectivity index (χ1) is 14.1. The Hall–Kier alpha value is -4.13. The molecule has 0 aliphatic rings. The van der Waals surface area contributed by atoms with Crippen LogP contribution in [-0.4, -0.2) is 24.0 Å². The Labute approximate surface area is 166 Å². The molecule has 7 nitrogen and oxygen atoms in total. The van der Waals surface area contributed by atoms with Crippen molar-refractivity contribution in [2.45, 2.75) is 0 Å². The molecule has 3 N–H and O–H groups in total. The van der Waals surface area contributed by atoms with Gasteiger partial charge in [-0.2, -0.15) is 0 Å². The highest BCUT2D eigenvalue weighted by atomic mass is 16.3. The molecule has 4 rings (SSSR count). The number of anilines is 2. The number of benzene rings is 2. The molecule has 0 fully saturated rings. The van der Waals surface area contributed by atoms with E-state index in [2.05, 4.69) is 20.9 Å². The van der Waals surface area contributed by atoms with Gasteiger partial charge in [0.2, 0.25) is 0 Å². The van der Waals surface area contributed by atoms with Crippen molar-refractivity contribution in [1.29, 1.82) is 0 Å². The number of nitrogens with zero attached hydrogens (tertiary/aromatic N) is 1. The minimum absolute atomic E-state index is 0.284. The van der Waals surface area contributed by atoms with Crippen LogP contribution >= 0.6 is 0 Å². The lowest BCUT2D eigenvalue weighted by Gasteiger charge is -2.11. The number of hydrogen-bond donors (Lipinski definition) is 3. The number of aromatic nitrogens is 1. The molecular formula is C22H18N4O3. The fraction of sp³-hybridized carbons (Fsp3) is 0.0455. The summed E-state index contributed by atoms with van der Waals surface area (Å²) in [4.78, 5) is 29.2. The van der Waals surface area contributed by atoms with E-state index in [4.69, 9.17) is 4.42 Å². The number of fused-ring (bicyclic) bond motifs is 1. The number of para-hydroxylation sites is 1. The fourth-order valence-electron chi connectivity index (χ4n) is 2.98. The summed E-state index contributed by atoms with van der Waals surface area (Å²) in [5, 5.41) is 8.79. The van der Waals surface area contributed by atoms with Gasteiger partial charge in [-0.15, -0.1) is 0 Å².